The molecule has 1 aliphatic rings. The van der Waals surface area contributed by atoms with Gasteiger partial charge in [-0.1, -0.05) is 11.6 Å². The number of aryl methyl sites for hydroxylation is 1. The maximum Gasteiger partial charge on any atom is 0.276 e. The molecule has 2 atom stereocenters. The fourth-order valence-electron chi connectivity index (χ4n) is 2.36. The lowest BCUT2D eigenvalue weighted by molar-refractivity contribution is 0.0758. The molecule has 1 N–H and O–H groups in total. The number of hydrogen-bond donors (Lipinski definition) is 1. The molecule has 0 aromatic carbocycles. The summed E-state index contributed by atoms with van der Waals surface area (Å²) in [5, 5.41) is 14.3. The zero-order valence-electron chi connectivity index (χ0n) is 12.6. The van der Waals surface area contributed by atoms with Gasteiger partial charge in [0, 0.05) is 46.3 Å². The summed E-state index contributed by atoms with van der Waals surface area (Å²) in [6.07, 6.45) is 0.621. The molecule has 1 saturated heterocycles. The lowest BCUT2D eigenvalue weighted by atomic mass is 10.1. The van der Waals surface area contributed by atoms with Crippen molar-refractivity contribution in [1.29, 1.82) is 0 Å². The number of carbonyl (C=O) groups is 1. The zero-order chi connectivity index (χ0) is 16.7. The lowest BCUT2D eigenvalue weighted by Gasteiger charge is -2.17. The number of halogens is 1. The van der Waals surface area contributed by atoms with Crippen molar-refractivity contribution in [2.24, 2.45) is 13.0 Å². The molecule has 1 fully saturated rings. The molecule has 0 unspecified atom stereocenters. The first-order valence-corrected chi connectivity index (χ1v) is 8.67. The highest BCUT2D eigenvalue weighted by molar-refractivity contribution is 7.89. The van der Waals surface area contributed by atoms with Gasteiger partial charge >= 0.3 is 0 Å². The van der Waals surface area contributed by atoms with E-state index in [0.717, 1.165) is 4.31 Å². The summed E-state index contributed by atoms with van der Waals surface area (Å²) in [5.41, 5.74) is 0.104. The van der Waals surface area contributed by atoms with Gasteiger partial charge in [-0.25, -0.2) is 12.7 Å². The summed E-state index contributed by atoms with van der Waals surface area (Å²) < 4.78 is 26.4. The van der Waals surface area contributed by atoms with Gasteiger partial charge in [0.1, 0.15) is 0 Å². The number of aromatic nitrogens is 2. The molecule has 1 aliphatic heterocycles. The van der Waals surface area contributed by atoms with Crippen molar-refractivity contribution < 1.29 is 18.3 Å². The van der Waals surface area contributed by atoms with Crippen LogP contribution in [0.15, 0.2) is 6.20 Å². The maximum atomic E-state index is 12.4. The molecular formula is C12H19ClN4O4S. The maximum absolute atomic E-state index is 12.4. The molecule has 0 bridgehead atoms. The SMILES string of the molecule is CN(C)S(=O)(=O)C[C@@H]1CN(C(=O)c2nn(C)cc2Cl)C[C@@H]1O. The van der Waals surface area contributed by atoms with Gasteiger partial charge in [0.25, 0.3) is 5.91 Å². The Morgan fingerprint density at radius 1 is 1.50 bits per heavy atom. The van der Waals surface area contributed by atoms with Gasteiger partial charge in [0.2, 0.25) is 10.0 Å². The van der Waals surface area contributed by atoms with E-state index in [4.69, 9.17) is 11.6 Å². The number of rotatable bonds is 4. The van der Waals surface area contributed by atoms with Gasteiger partial charge in [-0.3, -0.25) is 9.48 Å². The van der Waals surface area contributed by atoms with E-state index in [2.05, 4.69) is 5.10 Å². The van der Waals surface area contributed by atoms with E-state index < -0.39 is 28.0 Å². The number of aliphatic hydroxyl groups excluding tert-OH is 1. The van der Waals surface area contributed by atoms with E-state index in [1.54, 1.807) is 7.05 Å². The van der Waals surface area contributed by atoms with E-state index in [-0.39, 0.29) is 29.6 Å². The molecular weight excluding hydrogens is 332 g/mol. The van der Waals surface area contributed by atoms with Crippen LogP contribution in [0.1, 0.15) is 10.5 Å². The molecule has 0 spiro atoms. The molecule has 0 radical (unpaired) electrons. The highest BCUT2D eigenvalue weighted by Gasteiger charge is 2.38. The minimum Gasteiger partial charge on any atom is -0.391 e. The molecule has 1 aromatic rings. The van der Waals surface area contributed by atoms with Gasteiger partial charge in [-0.05, 0) is 0 Å². The van der Waals surface area contributed by atoms with Gasteiger partial charge in [-0.2, -0.15) is 5.10 Å². The number of aliphatic hydroxyl groups is 1. The molecule has 2 heterocycles. The smallest absolute Gasteiger partial charge is 0.276 e. The highest BCUT2D eigenvalue weighted by atomic mass is 35.5. The molecule has 8 nitrogen and oxygen atoms in total. The topological polar surface area (TPSA) is 95.7 Å². The molecule has 22 heavy (non-hydrogen) atoms. The van der Waals surface area contributed by atoms with Crippen molar-refractivity contribution in [3.63, 3.8) is 0 Å². The Hall–Kier alpha value is -1.16. The van der Waals surface area contributed by atoms with Gasteiger partial charge in [-0.15, -0.1) is 0 Å². The van der Waals surface area contributed by atoms with Crippen molar-refractivity contribution in [2.75, 3.05) is 32.9 Å². The fraction of sp³-hybridized carbons (Fsp3) is 0.667. The van der Waals surface area contributed by atoms with Crippen LogP contribution >= 0.6 is 11.6 Å². The predicted octanol–water partition coefficient (Wildman–Crippen LogP) is -0.602. The Bertz CT molecular complexity index is 673. The number of likely N-dealkylation sites (tertiary alicyclic amines) is 1. The second-order valence-electron chi connectivity index (χ2n) is 5.60. The minimum atomic E-state index is -3.44. The van der Waals surface area contributed by atoms with Gasteiger partial charge < -0.3 is 10.0 Å². The van der Waals surface area contributed by atoms with E-state index in [9.17, 15) is 18.3 Å². The third kappa shape index (κ3) is 3.43. The Kier molecular flexibility index (Phi) is 4.81. The summed E-state index contributed by atoms with van der Waals surface area (Å²) in [5.74, 6) is -1.14. The quantitative estimate of drug-likeness (QED) is 0.782. The molecule has 1 amide bonds. The lowest BCUT2D eigenvalue weighted by Crippen LogP contribution is -2.33. The summed E-state index contributed by atoms with van der Waals surface area (Å²) in [6.45, 7) is 0.222. The second-order valence-corrected chi connectivity index (χ2v) is 8.23. The summed E-state index contributed by atoms with van der Waals surface area (Å²) in [7, 11) is 1.08. The van der Waals surface area contributed by atoms with Crippen LogP contribution in [0.5, 0.6) is 0 Å². The Balaban J connectivity index is 2.11. The first kappa shape index (κ1) is 17.2. The average molecular weight is 351 g/mol. The van der Waals surface area contributed by atoms with E-state index in [1.165, 1.54) is 29.9 Å². The molecule has 2 rings (SSSR count). The Morgan fingerprint density at radius 2 is 2.14 bits per heavy atom. The standard InChI is InChI=1S/C12H19ClN4O4S/c1-15(2)22(20,21)7-8-4-17(6-10(8)18)12(19)11-9(13)5-16(3)14-11/h5,8,10,18H,4,6-7H2,1-3H3/t8-,10-/m0/s1. The fourth-order valence-corrected chi connectivity index (χ4v) is 3.78. The number of sulfonamides is 1. The van der Waals surface area contributed by atoms with E-state index >= 15 is 0 Å². The summed E-state index contributed by atoms with van der Waals surface area (Å²) in [6, 6.07) is 0. The summed E-state index contributed by atoms with van der Waals surface area (Å²) >= 11 is 5.94. The van der Waals surface area contributed by atoms with Crippen LogP contribution in [0.25, 0.3) is 0 Å². The van der Waals surface area contributed by atoms with Gasteiger partial charge in [0.05, 0.1) is 16.9 Å². The monoisotopic (exact) mass is 350 g/mol. The molecule has 124 valence electrons. The van der Waals surface area contributed by atoms with Crippen LogP contribution in [0.4, 0.5) is 0 Å². The normalized spacial score (nSPS) is 22.5. The third-order valence-corrected chi connectivity index (χ3v) is 5.90. The molecule has 0 aliphatic carbocycles. The average Bonchev–Trinajstić information content (AvgIpc) is 2.91. The Labute approximate surface area is 134 Å². The first-order valence-electron chi connectivity index (χ1n) is 6.68. The van der Waals surface area contributed by atoms with Crippen LogP contribution in [0, 0.1) is 5.92 Å². The minimum absolute atomic E-state index is 0.0688. The number of carbonyl (C=O) groups excluding carboxylic acids is 1. The number of β-amino-alcohol motifs (C(OH)–C–C–N with tert-alkyl or cyclic N) is 1. The van der Waals surface area contributed by atoms with Gasteiger partial charge in [0.15, 0.2) is 5.69 Å². The van der Waals surface area contributed by atoms with Crippen molar-refractivity contribution in [1.82, 2.24) is 19.0 Å². The van der Waals surface area contributed by atoms with Crippen LogP contribution in [-0.4, -0.2) is 77.5 Å². The molecule has 10 heteroatoms. The number of amides is 1. The van der Waals surface area contributed by atoms with E-state index in [0.29, 0.717) is 0 Å². The van der Waals surface area contributed by atoms with Crippen molar-refractivity contribution in [2.45, 2.75) is 6.10 Å². The van der Waals surface area contributed by atoms with E-state index in [1.807, 2.05) is 0 Å². The Morgan fingerprint density at radius 3 is 2.64 bits per heavy atom. The zero-order valence-corrected chi connectivity index (χ0v) is 14.2. The first-order chi connectivity index (χ1) is 10.1. The number of nitrogens with zero attached hydrogens (tertiary/aromatic N) is 4. The van der Waals surface area contributed by atoms with Crippen LogP contribution in [0.3, 0.4) is 0 Å². The summed E-state index contributed by atoms with van der Waals surface area (Å²) in [4.78, 5) is 13.8. The van der Waals surface area contributed by atoms with Crippen molar-refractivity contribution in [3.05, 3.63) is 16.9 Å². The second kappa shape index (κ2) is 6.15. The third-order valence-electron chi connectivity index (χ3n) is 3.66. The molecule has 1 aromatic heterocycles. The number of hydrogen-bond acceptors (Lipinski definition) is 5. The van der Waals surface area contributed by atoms with Crippen LogP contribution in [-0.2, 0) is 17.1 Å². The molecule has 0 saturated carbocycles. The highest BCUT2D eigenvalue weighted by Crippen LogP contribution is 2.23. The van der Waals surface area contributed by atoms with Crippen LogP contribution < -0.4 is 0 Å². The van der Waals surface area contributed by atoms with Crippen LogP contribution in [0.2, 0.25) is 5.02 Å². The predicted molar refractivity (Wildman–Crippen MR) is 81.1 cm³/mol. The van der Waals surface area contributed by atoms with Crippen molar-refractivity contribution >= 4 is 27.5 Å². The van der Waals surface area contributed by atoms with Crippen molar-refractivity contribution in [3.8, 4) is 0 Å². The largest absolute Gasteiger partial charge is 0.391 e.